The first-order valence-electron chi connectivity index (χ1n) is 17.2. The molecule has 0 aromatic heterocycles. The third kappa shape index (κ3) is 12.8. The second-order valence-electron chi connectivity index (χ2n) is 12.5. The van der Waals surface area contributed by atoms with Gasteiger partial charge in [-0.2, -0.15) is 13.2 Å². The number of carbonyl (C=O) groups excluding carboxylic acids is 1. The molecule has 0 bridgehead atoms. The molecule has 1 saturated carbocycles. The smallest absolute Gasteiger partial charge is 0.416 e. The Hall–Kier alpha value is -2.44. The van der Waals surface area contributed by atoms with Crippen LogP contribution in [0.1, 0.15) is 89.5 Å². The van der Waals surface area contributed by atoms with Gasteiger partial charge in [0.2, 0.25) is 0 Å². The number of rotatable bonds is 17. The monoisotopic (exact) mass is 668 g/mol. The van der Waals surface area contributed by atoms with Crippen molar-refractivity contribution in [3.8, 4) is 5.75 Å². The van der Waals surface area contributed by atoms with Gasteiger partial charge in [-0.15, -0.1) is 0 Å². The molecule has 2 aliphatic heterocycles. The molecule has 0 amide bonds. The van der Waals surface area contributed by atoms with Gasteiger partial charge in [0, 0.05) is 32.0 Å². The maximum Gasteiger partial charge on any atom is 0.416 e. The second kappa shape index (κ2) is 19.5. The summed E-state index contributed by atoms with van der Waals surface area (Å²) in [6, 6.07) is 4.80. The Labute approximate surface area is 276 Å². The Bertz CT molecular complexity index is 1110. The highest BCUT2D eigenvalue weighted by molar-refractivity contribution is 5.69. The Balaban J connectivity index is 1.44. The molecule has 11 heteroatoms. The zero-order valence-electron chi connectivity index (χ0n) is 27.4. The highest BCUT2D eigenvalue weighted by Crippen LogP contribution is 2.40. The number of aliphatic hydroxyl groups is 1. The molecule has 47 heavy (non-hydrogen) atoms. The molecule has 1 aromatic rings. The summed E-state index contributed by atoms with van der Waals surface area (Å²) in [5, 5.41) is 11.2. The Morgan fingerprint density at radius 2 is 1.85 bits per heavy atom. The standard InChI is InChI=1S/C36H51F3O8/c1-2-20-42-33(41)15-6-4-3-5-14-29-30(32(24-31(29)40)47-35-17-8-10-22-44-35)19-18-28(46-34-16-7-9-21-43-34)25-45-27-13-11-12-26(23-27)36(37,38)39/h3,5,11-13,18-19,23,28-32,34-35,40H,2,4,6-10,14-17,20-22,24-25H2,1H3/t28-,29-,30-,31+,32-,34?,35?/m1/s1. The van der Waals surface area contributed by atoms with Crippen LogP contribution in [0.25, 0.3) is 0 Å². The lowest BCUT2D eigenvalue weighted by Gasteiger charge is -2.30. The minimum atomic E-state index is -4.48. The maximum atomic E-state index is 13.3. The predicted octanol–water partition coefficient (Wildman–Crippen LogP) is 7.53. The van der Waals surface area contributed by atoms with E-state index in [-0.39, 0.29) is 42.6 Å². The van der Waals surface area contributed by atoms with E-state index >= 15 is 0 Å². The quantitative estimate of drug-likeness (QED) is 0.104. The van der Waals surface area contributed by atoms with Crippen LogP contribution >= 0.6 is 0 Å². The lowest BCUT2D eigenvalue weighted by Crippen LogP contribution is -2.32. The summed E-state index contributed by atoms with van der Waals surface area (Å²) in [5.74, 6) is -0.397. The zero-order valence-corrected chi connectivity index (χ0v) is 27.4. The summed E-state index contributed by atoms with van der Waals surface area (Å²) in [5.41, 5.74) is -0.782. The molecular weight excluding hydrogens is 617 g/mol. The summed E-state index contributed by atoms with van der Waals surface area (Å²) in [6.45, 7) is 3.60. The lowest BCUT2D eigenvalue weighted by atomic mass is 9.89. The predicted molar refractivity (Wildman–Crippen MR) is 169 cm³/mol. The zero-order chi connectivity index (χ0) is 33.5. The molecule has 0 spiro atoms. The van der Waals surface area contributed by atoms with E-state index in [0.29, 0.717) is 51.9 Å². The molecule has 2 saturated heterocycles. The summed E-state index contributed by atoms with van der Waals surface area (Å²) >= 11 is 0. The van der Waals surface area contributed by atoms with Gasteiger partial charge >= 0.3 is 12.1 Å². The molecule has 1 aliphatic carbocycles. The number of hydrogen-bond donors (Lipinski definition) is 1. The number of halogens is 3. The molecule has 7 atom stereocenters. The van der Waals surface area contributed by atoms with E-state index in [1.54, 1.807) is 0 Å². The number of hydrogen-bond acceptors (Lipinski definition) is 8. The molecule has 2 heterocycles. The average molecular weight is 669 g/mol. The molecule has 3 aliphatic rings. The van der Waals surface area contributed by atoms with Crippen molar-refractivity contribution < 1.29 is 51.5 Å². The first-order chi connectivity index (χ1) is 22.7. The Kier molecular flexibility index (Phi) is 15.5. The normalized spacial score (nSPS) is 27.8. The van der Waals surface area contributed by atoms with Crippen molar-refractivity contribution in [3.05, 3.63) is 54.1 Å². The lowest BCUT2D eigenvalue weighted by molar-refractivity contribution is -0.193. The van der Waals surface area contributed by atoms with Crippen LogP contribution in [0.4, 0.5) is 13.2 Å². The first-order valence-corrected chi connectivity index (χ1v) is 17.2. The van der Waals surface area contributed by atoms with Gasteiger partial charge in [-0.3, -0.25) is 4.79 Å². The molecule has 1 N–H and O–H groups in total. The highest BCUT2D eigenvalue weighted by Gasteiger charge is 2.42. The molecule has 3 fully saturated rings. The van der Waals surface area contributed by atoms with Crippen molar-refractivity contribution in [2.24, 2.45) is 11.8 Å². The summed E-state index contributed by atoms with van der Waals surface area (Å²) in [4.78, 5) is 11.8. The Morgan fingerprint density at radius 1 is 1.09 bits per heavy atom. The van der Waals surface area contributed by atoms with E-state index in [1.807, 2.05) is 31.2 Å². The number of aliphatic hydroxyl groups excluding tert-OH is 1. The molecule has 2 unspecified atom stereocenters. The van der Waals surface area contributed by atoms with Gasteiger partial charge in [-0.25, -0.2) is 0 Å². The molecule has 264 valence electrons. The van der Waals surface area contributed by atoms with Crippen molar-refractivity contribution in [1.82, 2.24) is 0 Å². The van der Waals surface area contributed by atoms with E-state index in [4.69, 9.17) is 28.4 Å². The van der Waals surface area contributed by atoms with Crippen molar-refractivity contribution in [2.75, 3.05) is 26.4 Å². The highest BCUT2D eigenvalue weighted by atomic mass is 19.4. The number of ether oxygens (including phenoxy) is 6. The topological polar surface area (TPSA) is 92.7 Å². The fourth-order valence-corrected chi connectivity index (χ4v) is 6.21. The van der Waals surface area contributed by atoms with Gasteiger partial charge in [0.25, 0.3) is 0 Å². The third-order valence-corrected chi connectivity index (χ3v) is 8.74. The first kappa shape index (κ1) is 37.4. The fraction of sp³-hybridized carbons (Fsp3) is 0.694. The van der Waals surface area contributed by atoms with E-state index in [0.717, 1.165) is 57.1 Å². The number of carbonyl (C=O) groups is 1. The van der Waals surface area contributed by atoms with Gasteiger partial charge in [-0.05, 0) is 88.3 Å². The molecule has 0 radical (unpaired) electrons. The van der Waals surface area contributed by atoms with Crippen LogP contribution < -0.4 is 4.74 Å². The van der Waals surface area contributed by atoms with Crippen molar-refractivity contribution in [2.45, 2.75) is 121 Å². The van der Waals surface area contributed by atoms with Crippen LogP contribution in [0.2, 0.25) is 0 Å². The molecule has 8 nitrogen and oxygen atoms in total. The summed E-state index contributed by atoms with van der Waals surface area (Å²) in [7, 11) is 0. The van der Waals surface area contributed by atoms with Gasteiger partial charge in [0.05, 0.1) is 24.4 Å². The molecule has 4 rings (SSSR count). The van der Waals surface area contributed by atoms with Gasteiger partial charge in [0.1, 0.15) is 18.5 Å². The number of allylic oxidation sites excluding steroid dienone is 2. The fourth-order valence-electron chi connectivity index (χ4n) is 6.21. The minimum Gasteiger partial charge on any atom is -0.491 e. The van der Waals surface area contributed by atoms with E-state index in [1.165, 1.54) is 12.1 Å². The summed E-state index contributed by atoms with van der Waals surface area (Å²) < 4.78 is 75.1. The minimum absolute atomic E-state index is 0.0184. The van der Waals surface area contributed by atoms with Gasteiger partial charge in [0.15, 0.2) is 12.6 Å². The van der Waals surface area contributed by atoms with Gasteiger partial charge < -0.3 is 33.5 Å². The van der Waals surface area contributed by atoms with E-state index < -0.39 is 30.2 Å². The van der Waals surface area contributed by atoms with Crippen molar-refractivity contribution in [1.29, 1.82) is 0 Å². The summed E-state index contributed by atoms with van der Waals surface area (Å²) in [6.07, 6.45) is 10.3. The van der Waals surface area contributed by atoms with Crippen LogP contribution in [0.3, 0.4) is 0 Å². The number of benzene rings is 1. The van der Waals surface area contributed by atoms with E-state index in [2.05, 4.69) is 0 Å². The van der Waals surface area contributed by atoms with Crippen LogP contribution in [0, 0.1) is 11.8 Å². The second-order valence-corrected chi connectivity index (χ2v) is 12.5. The largest absolute Gasteiger partial charge is 0.491 e. The average Bonchev–Trinajstić information content (AvgIpc) is 3.36. The maximum absolute atomic E-state index is 13.3. The molecule has 1 aromatic carbocycles. The molecular formula is C36H51F3O8. The van der Waals surface area contributed by atoms with E-state index in [9.17, 15) is 23.1 Å². The van der Waals surface area contributed by atoms with Crippen LogP contribution in [-0.4, -0.2) is 68.4 Å². The van der Waals surface area contributed by atoms with Crippen LogP contribution in [-0.2, 0) is 34.7 Å². The number of esters is 1. The third-order valence-electron chi connectivity index (χ3n) is 8.74. The SMILES string of the molecule is CCCOC(=O)CCCC=CC[C@@H]1[C@@H](C=C[C@H](COc2cccc(C(F)(F)F)c2)OC2CCCCO2)[C@H](OC2CCCCO2)C[C@@H]1O. The van der Waals surface area contributed by atoms with Gasteiger partial charge in [-0.1, -0.05) is 37.3 Å². The van der Waals surface area contributed by atoms with Crippen LogP contribution in [0.15, 0.2) is 48.6 Å². The van der Waals surface area contributed by atoms with Crippen molar-refractivity contribution in [3.63, 3.8) is 0 Å². The number of unbranched alkanes of at least 4 members (excludes halogenated alkanes) is 1. The van der Waals surface area contributed by atoms with Crippen LogP contribution in [0.5, 0.6) is 5.75 Å². The Morgan fingerprint density at radius 3 is 2.55 bits per heavy atom. The van der Waals surface area contributed by atoms with Crippen molar-refractivity contribution >= 4 is 5.97 Å². The number of alkyl halides is 3.